The van der Waals surface area contributed by atoms with Crippen LogP contribution in [0.5, 0.6) is 0 Å². The van der Waals surface area contributed by atoms with Gasteiger partial charge in [0, 0.05) is 6.42 Å². The molecule has 0 heterocycles. The fraction of sp³-hybridized carbons (Fsp3) is 0.696. The van der Waals surface area contributed by atoms with Crippen molar-refractivity contribution in [3.05, 3.63) is 35.9 Å². The van der Waals surface area contributed by atoms with Crippen LogP contribution in [0.25, 0.3) is 0 Å². The second kappa shape index (κ2) is 17.5. The zero-order chi connectivity index (χ0) is 18.7. The molecule has 26 heavy (non-hydrogen) atoms. The molecule has 0 saturated carbocycles. The molecule has 0 aromatic heterocycles. The molecule has 0 atom stereocenters. The van der Waals surface area contributed by atoms with Crippen LogP contribution >= 0.6 is 12.0 Å². The van der Waals surface area contributed by atoms with Gasteiger partial charge in [0.2, 0.25) is 0 Å². The van der Waals surface area contributed by atoms with E-state index in [2.05, 4.69) is 6.92 Å². The first-order valence-corrected chi connectivity index (χ1v) is 11.6. The van der Waals surface area contributed by atoms with Gasteiger partial charge < -0.3 is 4.18 Å². The molecule has 1 rings (SSSR count). The molecule has 0 aliphatic heterocycles. The molecule has 1 aromatic carbocycles. The zero-order valence-corrected chi connectivity index (χ0v) is 17.5. The van der Waals surface area contributed by atoms with Gasteiger partial charge in [0.1, 0.15) is 0 Å². The Kier molecular flexibility index (Phi) is 15.5. The minimum absolute atomic E-state index is 0.0750. The van der Waals surface area contributed by atoms with Gasteiger partial charge in [-0.15, -0.1) is 0 Å². The van der Waals surface area contributed by atoms with Crippen molar-refractivity contribution in [3.8, 4) is 0 Å². The highest BCUT2D eigenvalue weighted by atomic mass is 32.2. The van der Waals surface area contributed by atoms with Crippen molar-refractivity contribution in [1.82, 2.24) is 0 Å². The standard InChI is InChI=1S/C23H38O2S/c1-2-3-4-5-6-7-8-9-10-11-12-13-17-20-23(24)25-26-21-22-18-15-14-16-19-22/h14-16,18-19H,2-13,17,20-21H2,1H3. The van der Waals surface area contributed by atoms with Gasteiger partial charge in [0.05, 0.1) is 17.8 Å². The van der Waals surface area contributed by atoms with Gasteiger partial charge in [-0.2, -0.15) is 0 Å². The Morgan fingerprint density at radius 2 is 1.27 bits per heavy atom. The second-order valence-corrected chi connectivity index (χ2v) is 7.89. The van der Waals surface area contributed by atoms with Crippen LogP contribution in [0, 0.1) is 0 Å². The number of benzene rings is 1. The van der Waals surface area contributed by atoms with Gasteiger partial charge in [0.25, 0.3) is 0 Å². The minimum atomic E-state index is -0.0750. The smallest absolute Gasteiger partial charge is 0.317 e. The van der Waals surface area contributed by atoms with Gasteiger partial charge in [-0.3, -0.25) is 4.79 Å². The molecular weight excluding hydrogens is 340 g/mol. The number of unbranched alkanes of at least 4 members (excludes halogenated alkanes) is 12. The molecule has 0 N–H and O–H groups in total. The van der Waals surface area contributed by atoms with Crippen molar-refractivity contribution in [2.24, 2.45) is 0 Å². The summed E-state index contributed by atoms with van der Waals surface area (Å²) in [4.78, 5) is 11.7. The third kappa shape index (κ3) is 14.2. The van der Waals surface area contributed by atoms with Crippen LogP contribution in [0.15, 0.2) is 30.3 Å². The molecule has 0 aliphatic carbocycles. The van der Waals surface area contributed by atoms with E-state index in [1.807, 2.05) is 30.3 Å². The molecule has 0 radical (unpaired) electrons. The molecule has 1 aromatic rings. The summed E-state index contributed by atoms with van der Waals surface area (Å²) in [7, 11) is 0. The topological polar surface area (TPSA) is 26.3 Å². The Morgan fingerprint density at radius 3 is 1.81 bits per heavy atom. The number of carbonyl (C=O) groups is 1. The van der Waals surface area contributed by atoms with Crippen LogP contribution in [0.1, 0.15) is 102 Å². The van der Waals surface area contributed by atoms with E-state index in [1.165, 1.54) is 88.2 Å². The Balaban J connectivity index is 1.79. The average molecular weight is 379 g/mol. The molecule has 0 bridgehead atoms. The van der Waals surface area contributed by atoms with Crippen LogP contribution in [-0.2, 0) is 14.7 Å². The molecule has 0 unspecified atom stereocenters. The Bertz CT molecular complexity index is 433. The highest BCUT2D eigenvalue weighted by Gasteiger charge is 2.04. The van der Waals surface area contributed by atoms with Crippen molar-refractivity contribution in [1.29, 1.82) is 0 Å². The summed E-state index contributed by atoms with van der Waals surface area (Å²) >= 11 is 1.25. The molecule has 3 heteroatoms. The van der Waals surface area contributed by atoms with E-state index in [1.54, 1.807) is 0 Å². The predicted octanol–water partition coefficient (Wildman–Crippen LogP) is 7.86. The number of hydrogen-bond donors (Lipinski definition) is 0. The van der Waals surface area contributed by atoms with Crippen LogP contribution in [0.2, 0.25) is 0 Å². The minimum Gasteiger partial charge on any atom is -0.391 e. The summed E-state index contributed by atoms with van der Waals surface area (Å²) in [6.07, 6.45) is 17.8. The van der Waals surface area contributed by atoms with Gasteiger partial charge >= 0.3 is 5.97 Å². The Hall–Kier alpha value is -0.960. The van der Waals surface area contributed by atoms with Gasteiger partial charge in [-0.25, -0.2) is 0 Å². The molecule has 0 spiro atoms. The summed E-state index contributed by atoms with van der Waals surface area (Å²) in [6.45, 7) is 2.27. The second-order valence-electron chi connectivity index (χ2n) is 7.20. The van der Waals surface area contributed by atoms with E-state index >= 15 is 0 Å². The van der Waals surface area contributed by atoms with E-state index in [4.69, 9.17) is 4.18 Å². The maximum atomic E-state index is 11.7. The van der Waals surface area contributed by atoms with Crippen LogP contribution in [-0.4, -0.2) is 5.97 Å². The van der Waals surface area contributed by atoms with Crippen molar-refractivity contribution >= 4 is 18.0 Å². The molecule has 0 aliphatic rings. The quantitative estimate of drug-likeness (QED) is 0.204. The van der Waals surface area contributed by atoms with Crippen molar-refractivity contribution in [2.75, 3.05) is 0 Å². The highest BCUT2D eigenvalue weighted by Crippen LogP contribution is 2.16. The first kappa shape index (κ1) is 23.1. The monoisotopic (exact) mass is 378 g/mol. The van der Waals surface area contributed by atoms with E-state index in [0.717, 1.165) is 18.6 Å². The Labute approximate surface area is 165 Å². The SMILES string of the molecule is CCCCCCCCCCCCCCCC(=O)OSCc1ccccc1. The zero-order valence-electron chi connectivity index (χ0n) is 16.7. The van der Waals surface area contributed by atoms with Crippen molar-refractivity contribution < 1.29 is 8.98 Å². The lowest BCUT2D eigenvalue weighted by molar-refractivity contribution is -0.133. The fourth-order valence-electron chi connectivity index (χ4n) is 3.07. The summed E-state index contributed by atoms with van der Waals surface area (Å²) in [5, 5.41) is 0. The van der Waals surface area contributed by atoms with Gasteiger partial charge in [-0.1, -0.05) is 114 Å². The normalized spacial score (nSPS) is 10.8. The number of carbonyl (C=O) groups excluding carboxylic acids is 1. The first-order valence-electron chi connectivity index (χ1n) is 10.7. The Morgan fingerprint density at radius 1 is 0.769 bits per heavy atom. The van der Waals surface area contributed by atoms with Crippen molar-refractivity contribution in [2.45, 2.75) is 103 Å². The van der Waals surface area contributed by atoms with Gasteiger partial charge in [0.15, 0.2) is 0 Å². The third-order valence-electron chi connectivity index (χ3n) is 4.70. The highest BCUT2D eigenvalue weighted by molar-refractivity contribution is 7.94. The molecular formula is C23H38O2S. The first-order chi connectivity index (χ1) is 12.8. The largest absolute Gasteiger partial charge is 0.391 e. The molecule has 0 saturated heterocycles. The predicted molar refractivity (Wildman–Crippen MR) is 114 cm³/mol. The summed E-state index contributed by atoms with van der Waals surface area (Å²) in [5.41, 5.74) is 1.19. The maximum absolute atomic E-state index is 11.7. The molecule has 0 amide bonds. The summed E-state index contributed by atoms with van der Waals surface area (Å²) in [5.74, 6) is 0.652. The molecule has 148 valence electrons. The van der Waals surface area contributed by atoms with E-state index in [0.29, 0.717) is 6.42 Å². The van der Waals surface area contributed by atoms with Crippen molar-refractivity contribution in [3.63, 3.8) is 0 Å². The van der Waals surface area contributed by atoms with Gasteiger partial charge in [-0.05, 0) is 12.0 Å². The number of rotatable bonds is 17. The third-order valence-corrected chi connectivity index (χ3v) is 5.46. The average Bonchev–Trinajstić information content (AvgIpc) is 2.66. The summed E-state index contributed by atoms with van der Waals surface area (Å²) < 4.78 is 5.23. The van der Waals surface area contributed by atoms with E-state index < -0.39 is 0 Å². The van der Waals surface area contributed by atoms with Crippen LogP contribution in [0.4, 0.5) is 0 Å². The van der Waals surface area contributed by atoms with E-state index in [9.17, 15) is 4.79 Å². The summed E-state index contributed by atoms with van der Waals surface area (Å²) in [6, 6.07) is 10.1. The number of hydrogen-bond acceptors (Lipinski definition) is 3. The van der Waals surface area contributed by atoms with Crippen LogP contribution < -0.4 is 0 Å². The fourth-order valence-corrected chi connectivity index (χ4v) is 3.67. The lowest BCUT2D eigenvalue weighted by atomic mass is 10.0. The van der Waals surface area contributed by atoms with Crippen LogP contribution in [0.3, 0.4) is 0 Å². The molecule has 2 nitrogen and oxygen atoms in total. The lowest BCUT2D eigenvalue weighted by Gasteiger charge is -2.04. The maximum Gasteiger partial charge on any atom is 0.317 e. The molecule has 0 fully saturated rings. The van der Waals surface area contributed by atoms with E-state index in [-0.39, 0.29) is 5.97 Å². The lowest BCUT2D eigenvalue weighted by Crippen LogP contribution is -1.98.